The molecule has 0 fully saturated rings. The number of alkyl halides is 2. The Morgan fingerprint density at radius 1 is 0.912 bits per heavy atom. The number of hydrogen-bond donors (Lipinski definition) is 7. The molecule has 0 aliphatic carbocycles. The fourth-order valence-electron chi connectivity index (χ4n) is 7.86. The Kier molecular flexibility index (Phi) is 18.0. The SMILES string of the molecule is CCCC(F)(F)c1ccc(-c2nc(C)c(C(=O)N[C@@H](CCN)C(=O)N(C)[C@@H]3C(=O)N[C@@H](C)C(=O)N[C@H](C(=O)NCC#N)Cc4ccc(OCCN)c(c4)-c4cc3ccc4OCCN)c(C)n2)cc1. The van der Waals surface area contributed by atoms with E-state index >= 15 is 0 Å². The van der Waals surface area contributed by atoms with Gasteiger partial charge in [-0.3, -0.25) is 24.0 Å². The van der Waals surface area contributed by atoms with Crippen LogP contribution in [0, 0.1) is 25.2 Å². The summed E-state index contributed by atoms with van der Waals surface area (Å²) in [6, 6.07) is 12.3. The van der Waals surface area contributed by atoms with Gasteiger partial charge in [0.05, 0.1) is 23.0 Å². The Bertz CT molecular complexity index is 2500. The Morgan fingerprint density at radius 2 is 1.53 bits per heavy atom. The summed E-state index contributed by atoms with van der Waals surface area (Å²) < 4.78 is 41.3. The third-order valence-electron chi connectivity index (χ3n) is 11.2. The van der Waals surface area contributed by atoms with Crippen LogP contribution in [0.3, 0.4) is 0 Å². The second-order valence-electron chi connectivity index (χ2n) is 16.3. The number of amides is 5. The van der Waals surface area contributed by atoms with Crippen molar-refractivity contribution in [2.24, 2.45) is 17.2 Å². The van der Waals surface area contributed by atoms with Crippen molar-refractivity contribution in [2.45, 2.75) is 83.5 Å². The largest absolute Gasteiger partial charge is 0.492 e. The van der Waals surface area contributed by atoms with Gasteiger partial charge in [0, 0.05) is 55.2 Å². The molecule has 4 atom stereocenters. The highest BCUT2D eigenvalue weighted by Crippen LogP contribution is 2.40. The van der Waals surface area contributed by atoms with Gasteiger partial charge in [0.25, 0.3) is 11.8 Å². The second kappa shape index (κ2) is 23.6. The molecule has 18 nitrogen and oxygen atoms in total. The van der Waals surface area contributed by atoms with Crippen molar-refractivity contribution >= 4 is 29.5 Å². The van der Waals surface area contributed by atoms with Crippen molar-refractivity contribution in [2.75, 3.05) is 46.4 Å². The number of carbonyl (C=O) groups is 5. The third-order valence-corrected chi connectivity index (χ3v) is 11.2. The average molecular weight is 940 g/mol. The van der Waals surface area contributed by atoms with E-state index in [1.807, 2.05) is 6.07 Å². The molecule has 362 valence electrons. The molecule has 1 aromatic heterocycles. The Balaban J connectivity index is 1.55. The highest BCUT2D eigenvalue weighted by atomic mass is 19.3. The van der Waals surface area contributed by atoms with Gasteiger partial charge in [-0.1, -0.05) is 49.7 Å². The molecule has 1 aliphatic rings. The van der Waals surface area contributed by atoms with Crippen LogP contribution in [-0.2, 0) is 31.5 Å². The number of likely N-dealkylation sites (N-methyl/N-ethyl adjacent to an activating group) is 1. The molecule has 0 saturated carbocycles. The summed E-state index contributed by atoms with van der Waals surface area (Å²) in [5.74, 6) is -5.66. The first-order valence-electron chi connectivity index (χ1n) is 22.3. The molecule has 0 saturated heterocycles. The van der Waals surface area contributed by atoms with Crippen LogP contribution in [-0.4, -0.2) is 109 Å². The number of nitriles is 1. The number of halogens is 2. The van der Waals surface area contributed by atoms with Crippen molar-refractivity contribution in [1.82, 2.24) is 36.1 Å². The number of nitrogens with two attached hydrogens (primary N) is 3. The predicted molar refractivity (Wildman–Crippen MR) is 249 cm³/mol. The van der Waals surface area contributed by atoms with E-state index in [1.165, 1.54) is 38.2 Å². The molecule has 5 amide bonds. The number of aryl methyl sites for hydroxylation is 2. The summed E-state index contributed by atoms with van der Waals surface area (Å²) in [6.07, 6.45) is -0.0696. The maximum atomic E-state index is 14.7. The van der Waals surface area contributed by atoms with E-state index in [2.05, 4.69) is 31.2 Å². The Labute approximate surface area is 393 Å². The molecule has 0 unspecified atom stereocenters. The average Bonchev–Trinajstić information content (AvgIpc) is 3.31. The van der Waals surface area contributed by atoms with Crippen LogP contribution in [0.1, 0.15) is 77.6 Å². The first-order chi connectivity index (χ1) is 32.5. The molecule has 68 heavy (non-hydrogen) atoms. The lowest BCUT2D eigenvalue weighted by atomic mass is 9.93. The summed E-state index contributed by atoms with van der Waals surface area (Å²) in [5, 5.41) is 19.8. The number of hydrogen-bond acceptors (Lipinski definition) is 13. The van der Waals surface area contributed by atoms with Crippen LogP contribution in [0.25, 0.3) is 22.5 Å². The summed E-state index contributed by atoms with van der Waals surface area (Å²) in [4.78, 5) is 80.6. The quantitative estimate of drug-likeness (QED) is 0.0708. The monoisotopic (exact) mass is 939 g/mol. The zero-order chi connectivity index (χ0) is 49.7. The maximum absolute atomic E-state index is 14.7. The standard InChI is InChI=1S/C48H59F2N11O7/c1-6-16-48(49,50)33-11-8-31(9-12-33)42-56-27(2)40(28(3)57-42)45(64)59-36(15-17-51)47(66)61(5)41-32-10-14-39(68-23-20-54)35(26-32)34-24-30(7-13-38(34)67-22-19-53)25-37(44(63)55-21-18-52)60-43(62)29(4)58-46(41)65/h7-14,24,26,29,36-37,41H,6,15-17,19-23,25,51,53-54H2,1-5H3,(H,55,63)(H,58,65)(H,59,64)(H,60,62)/t29-,36-,37-,41-/m0/s1. The van der Waals surface area contributed by atoms with Crippen molar-refractivity contribution < 1.29 is 42.2 Å². The highest BCUT2D eigenvalue weighted by molar-refractivity contribution is 6.00. The van der Waals surface area contributed by atoms with Crippen LogP contribution in [0.2, 0.25) is 0 Å². The second-order valence-corrected chi connectivity index (χ2v) is 16.3. The minimum absolute atomic E-state index is 0.0211. The molecule has 4 bridgehead atoms. The summed E-state index contributed by atoms with van der Waals surface area (Å²) >= 11 is 0. The van der Waals surface area contributed by atoms with Gasteiger partial charge in [-0.25, -0.2) is 18.7 Å². The van der Waals surface area contributed by atoms with E-state index in [0.717, 1.165) is 4.90 Å². The zero-order valence-corrected chi connectivity index (χ0v) is 38.8. The van der Waals surface area contributed by atoms with Gasteiger partial charge in [0.2, 0.25) is 23.6 Å². The number of aromatic nitrogens is 2. The minimum Gasteiger partial charge on any atom is -0.492 e. The minimum atomic E-state index is -2.99. The highest BCUT2D eigenvalue weighted by Gasteiger charge is 2.37. The van der Waals surface area contributed by atoms with Gasteiger partial charge in [-0.05, 0) is 69.1 Å². The van der Waals surface area contributed by atoms with Crippen molar-refractivity contribution in [3.05, 3.63) is 94.3 Å². The number of nitrogens with one attached hydrogen (secondary N) is 4. The fraction of sp³-hybridized carbons (Fsp3) is 0.417. The molecule has 0 radical (unpaired) electrons. The smallest absolute Gasteiger partial charge is 0.273 e. The summed E-state index contributed by atoms with van der Waals surface area (Å²) in [7, 11) is 1.37. The number of nitrogens with zero attached hydrogens (tertiary/aromatic N) is 4. The van der Waals surface area contributed by atoms with Gasteiger partial charge >= 0.3 is 0 Å². The number of carbonyl (C=O) groups excluding carboxylic acids is 5. The molecule has 4 aromatic rings. The number of ether oxygens (including phenoxy) is 2. The lowest BCUT2D eigenvalue weighted by molar-refractivity contribution is -0.141. The van der Waals surface area contributed by atoms with Crippen LogP contribution >= 0.6 is 0 Å². The van der Waals surface area contributed by atoms with Crippen LogP contribution in [0.4, 0.5) is 8.78 Å². The normalized spacial score (nSPS) is 16.5. The molecular weight excluding hydrogens is 881 g/mol. The van der Waals surface area contributed by atoms with E-state index in [1.54, 1.807) is 57.2 Å². The molecule has 0 spiro atoms. The van der Waals surface area contributed by atoms with E-state index in [-0.39, 0.29) is 92.6 Å². The van der Waals surface area contributed by atoms with E-state index in [0.29, 0.717) is 40.2 Å². The van der Waals surface area contributed by atoms with Crippen molar-refractivity contribution in [1.29, 1.82) is 5.26 Å². The maximum Gasteiger partial charge on any atom is 0.273 e. The topological polar surface area (TPSA) is 283 Å². The summed E-state index contributed by atoms with van der Waals surface area (Å²) in [6.45, 7) is 6.47. The van der Waals surface area contributed by atoms with Gasteiger partial charge in [-0.2, -0.15) is 5.26 Å². The van der Waals surface area contributed by atoms with E-state index in [4.69, 9.17) is 31.9 Å². The van der Waals surface area contributed by atoms with Crippen LogP contribution in [0.15, 0.2) is 60.7 Å². The van der Waals surface area contributed by atoms with Crippen LogP contribution < -0.4 is 47.9 Å². The molecule has 2 heterocycles. The van der Waals surface area contributed by atoms with Crippen molar-refractivity contribution in [3.63, 3.8) is 0 Å². The van der Waals surface area contributed by atoms with Crippen molar-refractivity contribution in [3.8, 4) is 40.1 Å². The van der Waals surface area contributed by atoms with E-state index in [9.17, 15) is 32.8 Å². The van der Waals surface area contributed by atoms with Gasteiger partial charge in [0.15, 0.2) is 5.82 Å². The first kappa shape index (κ1) is 51.9. The third kappa shape index (κ3) is 12.5. The lowest BCUT2D eigenvalue weighted by Crippen LogP contribution is -2.56. The van der Waals surface area contributed by atoms with Crippen LogP contribution in [0.5, 0.6) is 11.5 Å². The lowest BCUT2D eigenvalue weighted by Gasteiger charge is -2.32. The molecule has 20 heteroatoms. The Morgan fingerprint density at radius 3 is 2.12 bits per heavy atom. The Hall–Kier alpha value is -7.08. The van der Waals surface area contributed by atoms with E-state index < -0.39 is 59.6 Å². The van der Waals surface area contributed by atoms with Gasteiger partial charge in [-0.15, -0.1) is 0 Å². The molecule has 1 aliphatic heterocycles. The number of benzene rings is 3. The predicted octanol–water partition coefficient (Wildman–Crippen LogP) is 2.83. The molecule has 3 aromatic carbocycles. The molecule has 10 N–H and O–H groups in total. The number of rotatable bonds is 18. The molecular formula is C48H59F2N11O7. The fourth-order valence-corrected chi connectivity index (χ4v) is 7.86. The first-order valence-corrected chi connectivity index (χ1v) is 22.3. The molecule has 5 rings (SSSR count). The number of fused-ring (bicyclic) bond motifs is 5. The van der Waals surface area contributed by atoms with Gasteiger partial charge in [0.1, 0.15) is 55.4 Å². The van der Waals surface area contributed by atoms with Gasteiger partial charge < -0.3 is 52.8 Å². The zero-order valence-electron chi connectivity index (χ0n) is 38.8. The summed E-state index contributed by atoms with van der Waals surface area (Å²) in [5.41, 5.74) is 20.3.